The van der Waals surface area contributed by atoms with Crippen LogP contribution >= 0.6 is 31.9 Å². The first-order valence-corrected chi connectivity index (χ1v) is 12.4. The van der Waals surface area contributed by atoms with Gasteiger partial charge in [0.05, 0.1) is 28.2 Å². The monoisotopic (exact) mass is 593 g/mol. The van der Waals surface area contributed by atoms with Gasteiger partial charge in [-0.2, -0.15) is 9.78 Å². The van der Waals surface area contributed by atoms with E-state index in [1.165, 1.54) is 17.8 Å². The van der Waals surface area contributed by atoms with E-state index in [-0.39, 0.29) is 17.2 Å². The van der Waals surface area contributed by atoms with E-state index >= 15 is 0 Å². The van der Waals surface area contributed by atoms with Gasteiger partial charge in [0.2, 0.25) is 0 Å². The van der Waals surface area contributed by atoms with Crippen molar-refractivity contribution in [2.75, 3.05) is 6.61 Å². The smallest absolute Gasteiger partial charge is 0.344 e. The molecule has 3 rings (SSSR count). The van der Waals surface area contributed by atoms with Crippen LogP contribution in [-0.2, 0) is 4.79 Å². The van der Waals surface area contributed by atoms with Crippen LogP contribution in [0.1, 0.15) is 51.4 Å². The van der Waals surface area contributed by atoms with E-state index in [4.69, 9.17) is 14.5 Å². The van der Waals surface area contributed by atoms with Gasteiger partial charge >= 0.3 is 5.97 Å². The molecule has 0 fully saturated rings. The van der Waals surface area contributed by atoms with Crippen LogP contribution in [0.25, 0.3) is 10.9 Å². The number of hydrogen-bond acceptors (Lipinski definition) is 6. The second kappa shape index (κ2) is 11.1. The lowest BCUT2D eigenvalue weighted by atomic mass is 10.1. The Hall–Kier alpha value is -2.72. The third kappa shape index (κ3) is 5.67. The molecular formula is C24H25Br2N3O5. The number of fused-ring (bicyclic) bond motifs is 1. The molecule has 0 bridgehead atoms. The summed E-state index contributed by atoms with van der Waals surface area (Å²) in [5.41, 5.74) is 0.976. The van der Waals surface area contributed by atoms with Crippen LogP contribution in [0.3, 0.4) is 0 Å². The molecule has 2 atom stereocenters. The van der Waals surface area contributed by atoms with Crippen LogP contribution in [0.2, 0.25) is 0 Å². The van der Waals surface area contributed by atoms with Gasteiger partial charge < -0.3 is 14.6 Å². The number of rotatable bonds is 9. The van der Waals surface area contributed by atoms with Crippen molar-refractivity contribution >= 4 is 54.9 Å². The molecule has 1 N–H and O–H groups in total. The number of benzene rings is 2. The Kier molecular flexibility index (Phi) is 8.48. The van der Waals surface area contributed by atoms with Gasteiger partial charge in [-0.1, -0.05) is 29.8 Å². The van der Waals surface area contributed by atoms with Crippen molar-refractivity contribution in [3.63, 3.8) is 0 Å². The highest BCUT2D eigenvalue weighted by atomic mass is 79.9. The van der Waals surface area contributed by atoms with Crippen molar-refractivity contribution < 1.29 is 19.4 Å². The number of nitrogens with zero attached hydrogens (tertiary/aromatic N) is 3. The average molecular weight is 595 g/mol. The largest absolute Gasteiger partial charge is 0.490 e. The minimum Gasteiger partial charge on any atom is -0.490 e. The number of hydrogen-bond donors (Lipinski definition) is 1. The molecule has 3 aromatic rings. The van der Waals surface area contributed by atoms with E-state index in [1.54, 1.807) is 18.2 Å². The average Bonchev–Trinajstić information content (AvgIpc) is 2.80. The highest BCUT2D eigenvalue weighted by Gasteiger charge is 2.20. The molecule has 0 spiro atoms. The molecule has 0 radical (unpaired) electrons. The number of aromatic nitrogens is 2. The van der Waals surface area contributed by atoms with Crippen LogP contribution in [0.4, 0.5) is 0 Å². The molecule has 0 saturated heterocycles. The van der Waals surface area contributed by atoms with Gasteiger partial charge in [-0.3, -0.25) is 4.79 Å². The van der Waals surface area contributed by atoms with Crippen LogP contribution in [0, 0.1) is 0 Å². The Bertz CT molecular complexity index is 1310. The predicted molar refractivity (Wildman–Crippen MR) is 138 cm³/mol. The zero-order valence-corrected chi connectivity index (χ0v) is 22.4. The van der Waals surface area contributed by atoms with Crippen molar-refractivity contribution in [2.45, 2.75) is 46.1 Å². The summed E-state index contributed by atoms with van der Waals surface area (Å²) in [5.74, 6) is 0.132. The molecule has 0 aliphatic carbocycles. The molecule has 8 nitrogen and oxygen atoms in total. The van der Waals surface area contributed by atoms with Gasteiger partial charge in [0.1, 0.15) is 5.82 Å². The van der Waals surface area contributed by atoms with E-state index in [9.17, 15) is 14.7 Å². The highest BCUT2D eigenvalue weighted by Crippen LogP contribution is 2.37. The molecule has 0 aliphatic heterocycles. The van der Waals surface area contributed by atoms with Crippen molar-refractivity contribution in [2.24, 2.45) is 5.10 Å². The molecule has 180 valence electrons. The third-order valence-corrected chi connectivity index (χ3v) is 6.27. The zero-order chi connectivity index (χ0) is 25.0. The summed E-state index contributed by atoms with van der Waals surface area (Å²) in [6.45, 7) is 7.63. The van der Waals surface area contributed by atoms with Crippen LogP contribution in [-0.4, -0.2) is 39.7 Å². The molecule has 2 aromatic carbocycles. The quantitative estimate of drug-likeness (QED) is 0.325. The summed E-state index contributed by atoms with van der Waals surface area (Å²) >= 11 is 6.84. The molecule has 0 aliphatic rings. The Morgan fingerprint density at radius 1 is 1.24 bits per heavy atom. The third-order valence-electron chi connectivity index (χ3n) is 5.18. The Labute approximate surface area is 213 Å². The van der Waals surface area contributed by atoms with Crippen LogP contribution in [0.15, 0.2) is 49.2 Å². The second-order valence-corrected chi connectivity index (χ2v) is 9.43. The number of carboxylic acid groups (broad SMARTS) is 1. The first kappa shape index (κ1) is 25.9. The van der Waals surface area contributed by atoms with Crippen molar-refractivity contribution in [3.8, 4) is 11.5 Å². The summed E-state index contributed by atoms with van der Waals surface area (Å²) < 4.78 is 13.8. The zero-order valence-electron chi connectivity index (χ0n) is 19.2. The topological polar surface area (TPSA) is 103 Å². The van der Waals surface area contributed by atoms with Gasteiger partial charge in [0, 0.05) is 10.4 Å². The Morgan fingerprint density at radius 2 is 1.97 bits per heavy atom. The van der Waals surface area contributed by atoms with E-state index < -0.39 is 12.1 Å². The fourth-order valence-corrected chi connectivity index (χ4v) is 4.08. The normalized spacial score (nSPS) is 13.2. The lowest BCUT2D eigenvalue weighted by molar-refractivity contribution is -0.144. The number of ether oxygens (including phenoxy) is 2. The summed E-state index contributed by atoms with van der Waals surface area (Å²) in [6, 6.07) is 8.79. The maximum absolute atomic E-state index is 13.3. The minimum absolute atomic E-state index is 0.0110. The van der Waals surface area contributed by atoms with Gasteiger partial charge in [0.15, 0.2) is 17.6 Å². The SMILES string of the molecule is CCOc1cc(C=Nn2c([C@H](C)CC)nc3ccc(Br)cc3c2=O)cc(Br)c1O[C@@H](C)C(=O)O. The molecule has 1 heterocycles. The summed E-state index contributed by atoms with van der Waals surface area (Å²) in [4.78, 5) is 29.2. The first-order chi connectivity index (χ1) is 16.2. The second-order valence-electron chi connectivity index (χ2n) is 7.66. The standard InChI is InChI=1S/C24H25Br2N3O5/c1-5-13(3)22-28-19-8-7-16(25)11-17(19)23(30)29(22)27-12-15-9-18(26)21(20(10-15)33-6-2)34-14(4)24(31)32/h7-14H,5-6H2,1-4H3,(H,31,32)/t13-,14+/m1/s1. The number of halogens is 2. The lowest BCUT2D eigenvalue weighted by Gasteiger charge is -2.17. The number of aliphatic carboxylic acids is 1. The highest BCUT2D eigenvalue weighted by molar-refractivity contribution is 9.10. The van der Waals surface area contributed by atoms with Gasteiger partial charge in [-0.05, 0) is 72.1 Å². The van der Waals surface area contributed by atoms with Crippen molar-refractivity contribution in [1.29, 1.82) is 0 Å². The van der Waals surface area contributed by atoms with Crippen molar-refractivity contribution in [1.82, 2.24) is 9.66 Å². The van der Waals surface area contributed by atoms with Crippen molar-refractivity contribution in [3.05, 3.63) is 61.0 Å². The number of carbonyl (C=O) groups is 1. The molecule has 10 heteroatoms. The summed E-state index contributed by atoms with van der Waals surface area (Å²) in [5, 5.41) is 14.1. The fourth-order valence-electron chi connectivity index (χ4n) is 3.17. The van der Waals surface area contributed by atoms with E-state index in [2.05, 4.69) is 37.0 Å². The summed E-state index contributed by atoms with van der Waals surface area (Å²) in [6.07, 6.45) is 1.27. The maximum atomic E-state index is 13.3. The van der Waals surface area contributed by atoms with Crippen LogP contribution < -0.4 is 15.0 Å². The van der Waals surface area contributed by atoms with Crippen LogP contribution in [0.5, 0.6) is 11.5 Å². The lowest BCUT2D eigenvalue weighted by Crippen LogP contribution is -2.24. The molecule has 1 aromatic heterocycles. The van der Waals surface area contributed by atoms with E-state index in [1.807, 2.05) is 32.9 Å². The van der Waals surface area contributed by atoms with Gasteiger partial charge in [0.25, 0.3) is 5.56 Å². The minimum atomic E-state index is -1.09. The Balaban J connectivity index is 2.11. The Morgan fingerprint density at radius 3 is 2.62 bits per heavy atom. The molecule has 0 saturated carbocycles. The molecule has 34 heavy (non-hydrogen) atoms. The predicted octanol–water partition coefficient (Wildman–Crippen LogP) is 5.57. The van der Waals surface area contributed by atoms with E-state index in [0.29, 0.717) is 39.1 Å². The number of carboxylic acids is 1. The molecular weight excluding hydrogens is 570 g/mol. The van der Waals surface area contributed by atoms with E-state index in [0.717, 1.165) is 10.9 Å². The van der Waals surface area contributed by atoms with Gasteiger partial charge in [-0.25, -0.2) is 9.78 Å². The van der Waals surface area contributed by atoms with Gasteiger partial charge in [-0.15, -0.1) is 0 Å². The molecule has 0 unspecified atom stereocenters. The molecule has 0 amide bonds. The first-order valence-electron chi connectivity index (χ1n) is 10.8. The summed E-state index contributed by atoms with van der Waals surface area (Å²) in [7, 11) is 0. The maximum Gasteiger partial charge on any atom is 0.344 e. The fraction of sp³-hybridized carbons (Fsp3) is 0.333.